The zero-order valence-corrected chi connectivity index (χ0v) is 23.7. The topological polar surface area (TPSA) is 66.6 Å². The van der Waals surface area contributed by atoms with Crippen LogP contribution in [-0.4, -0.2) is 30.1 Å². The molecule has 2 aliphatic rings. The maximum absolute atomic E-state index is 11.4. The average molecular weight is 507 g/mol. The first-order chi connectivity index (χ1) is 17.9. The Hall–Kier alpha value is -2.17. The molecule has 4 atom stereocenters. The van der Waals surface area contributed by atoms with Gasteiger partial charge in [-0.25, -0.2) is 0 Å². The van der Waals surface area contributed by atoms with E-state index in [1.54, 1.807) is 6.92 Å². The van der Waals surface area contributed by atoms with Crippen LogP contribution in [0.15, 0.2) is 48.5 Å². The monoisotopic (exact) mass is 506 g/mol. The lowest BCUT2D eigenvalue weighted by Crippen LogP contribution is -2.30. The standard InChI is InChI=1S/C17H29N.C16H21NO2/c1-4-7-16(11-10-14(3)5-2)17-9-6-8-15(12-17)13-18;1-11(18)13-6-3-7-14(8-13)17-9-15(16(19)10-17)12-4-2-5-12/h6,8-9,12,14,16H,4-5,7,10-11,13,18H2,1-3H3;3,6-8,12,15-16,19H,2,4-5,9-10H2,1H3. The molecular weight excluding hydrogens is 456 g/mol. The van der Waals surface area contributed by atoms with Crippen molar-refractivity contribution in [3.05, 3.63) is 65.2 Å². The zero-order chi connectivity index (χ0) is 26.8. The van der Waals surface area contributed by atoms with Gasteiger partial charge < -0.3 is 15.7 Å². The van der Waals surface area contributed by atoms with Crippen molar-refractivity contribution in [3.8, 4) is 0 Å². The quantitative estimate of drug-likeness (QED) is 0.313. The largest absolute Gasteiger partial charge is 0.391 e. The number of carbonyl (C=O) groups excluding carboxylic acids is 1. The first-order valence-electron chi connectivity index (χ1n) is 14.7. The fourth-order valence-electron chi connectivity index (χ4n) is 5.77. The number of hydrogen-bond donors (Lipinski definition) is 2. The van der Waals surface area contributed by atoms with E-state index in [9.17, 15) is 9.90 Å². The molecule has 0 bridgehead atoms. The molecule has 0 amide bonds. The van der Waals surface area contributed by atoms with Crippen molar-refractivity contribution in [2.75, 3.05) is 18.0 Å². The fraction of sp³-hybridized carbons (Fsp3) is 0.606. The molecule has 1 saturated heterocycles. The van der Waals surface area contributed by atoms with Gasteiger partial charge in [-0.05, 0) is 60.8 Å². The third-order valence-electron chi connectivity index (χ3n) is 8.71. The predicted molar refractivity (Wildman–Crippen MR) is 156 cm³/mol. The van der Waals surface area contributed by atoms with Crippen molar-refractivity contribution in [1.29, 1.82) is 0 Å². The van der Waals surface area contributed by atoms with E-state index in [0.29, 0.717) is 24.9 Å². The molecule has 4 heteroatoms. The highest BCUT2D eigenvalue weighted by molar-refractivity contribution is 5.95. The van der Waals surface area contributed by atoms with Crippen molar-refractivity contribution in [2.45, 2.75) is 97.6 Å². The van der Waals surface area contributed by atoms with Crippen LogP contribution in [0.5, 0.6) is 0 Å². The number of rotatable bonds is 11. The molecule has 3 N–H and O–H groups in total. The average Bonchev–Trinajstić information content (AvgIpc) is 3.26. The second-order valence-electron chi connectivity index (χ2n) is 11.5. The Labute approximate surface area is 225 Å². The summed E-state index contributed by atoms with van der Waals surface area (Å²) >= 11 is 0. The molecule has 2 aromatic carbocycles. The van der Waals surface area contributed by atoms with Gasteiger partial charge in [-0.2, -0.15) is 0 Å². The summed E-state index contributed by atoms with van der Waals surface area (Å²) in [7, 11) is 0. The molecule has 4 unspecified atom stereocenters. The highest BCUT2D eigenvalue weighted by atomic mass is 16.3. The number of benzene rings is 2. The first kappa shape index (κ1) is 29.4. The Bertz CT molecular complexity index is 970. The van der Waals surface area contributed by atoms with Crippen LogP contribution in [0.25, 0.3) is 0 Å². The molecule has 2 aromatic rings. The van der Waals surface area contributed by atoms with Gasteiger partial charge >= 0.3 is 0 Å². The molecule has 1 aliphatic heterocycles. The Balaban J connectivity index is 0.000000206. The van der Waals surface area contributed by atoms with Crippen LogP contribution in [0.1, 0.15) is 106 Å². The van der Waals surface area contributed by atoms with Crippen LogP contribution in [0, 0.1) is 17.8 Å². The summed E-state index contributed by atoms with van der Waals surface area (Å²) in [6, 6.07) is 16.6. The highest BCUT2D eigenvalue weighted by Crippen LogP contribution is 2.39. The number of Topliss-reactive ketones (excluding diaryl/α,β-unsaturated/α-hetero) is 1. The van der Waals surface area contributed by atoms with Crippen LogP contribution >= 0.6 is 0 Å². The number of β-amino-alcohol motifs (C(OH)–C–C–N with tert-alkyl or cyclic N) is 1. The summed E-state index contributed by atoms with van der Waals surface area (Å²) < 4.78 is 0. The van der Waals surface area contributed by atoms with Gasteiger partial charge in [-0.3, -0.25) is 4.79 Å². The number of carbonyl (C=O) groups is 1. The Kier molecular flexibility index (Phi) is 11.7. The molecule has 1 heterocycles. The number of nitrogens with two attached hydrogens (primary N) is 1. The molecule has 0 radical (unpaired) electrons. The second kappa shape index (κ2) is 14.7. The van der Waals surface area contributed by atoms with Crippen molar-refractivity contribution in [2.24, 2.45) is 23.5 Å². The molecular formula is C33H50N2O2. The van der Waals surface area contributed by atoms with E-state index in [0.717, 1.165) is 29.6 Å². The molecule has 1 aliphatic carbocycles. The smallest absolute Gasteiger partial charge is 0.159 e. The van der Waals surface area contributed by atoms with E-state index in [2.05, 4.69) is 49.9 Å². The van der Waals surface area contributed by atoms with Gasteiger partial charge in [-0.15, -0.1) is 0 Å². The van der Waals surface area contributed by atoms with Gasteiger partial charge in [-0.1, -0.05) is 95.7 Å². The minimum Gasteiger partial charge on any atom is -0.391 e. The highest BCUT2D eigenvalue weighted by Gasteiger charge is 2.39. The van der Waals surface area contributed by atoms with Crippen LogP contribution in [0.2, 0.25) is 0 Å². The number of ketones is 1. The van der Waals surface area contributed by atoms with Gasteiger partial charge in [0.15, 0.2) is 5.78 Å². The second-order valence-corrected chi connectivity index (χ2v) is 11.5. The van der Waals surface area contributed by atoms with Gasteiger partial charge in [0.2, 0.25) is 0 Å². The molecule has 1 saturated carbocycles. The van der Waals surface area contributed by atoms with Crippen LogP contribution in [0.4, 0.5) is 5.69 Å². The number of nitrogens with zero attached hydrogens (tertiary/aromatic N) is 1. The molecule has 204 valence electrons. The molecule has 2 fully saturated rings. The van der Waals surface area contributed by atoms with Crippen molar-refractivity contribution in [3.63, 3.8) is 0 Å². The van der Waals surface area contributed by atoms with Crippen LogP contribution in [-0.2, 0) is 6.54 Å². The molecule has 4 rings (SSSR count). The minimum atomic E-state index is -0.216. The van der Waals surface area contributed by atoms with Gasteiger partial charge in [0.1, 0.15) is 0 Å². The van der Waals surface area contributed by atoms with Crippen LogP contribution in [0.3, 0.4) is 0 Å². The number of aliphatic hydroxyl groups is 1. The Morgan fingerprint density at radius 3 is 2.43 bits per heavy atom. The van der Waals surface area contributed by atoms with Gasteiger partial charge in [0, 0.05) is 36.8 Å². The molecule has 4 nitrogen and oxygen atoms in total. The molecule has 0 spiro atoms. The normalized spacial score (nSPS) is 21.1. The third-order valence-corrected chi connectivity index (χ3v) is 8.71. The molecule has 37 heavy (non-hydrogen) atoms. The lowest BCUT2D eigenvalue weighted by molar-refractivity contribution is 0.0807. The van der Waals surface area contributed by atoms with Crippen molar-refractivity contribution in [1.82, 2.24) is 0 Å². The lowest BCUT2D eigenvalue weighted by Gasteiger charge is -2.32. The van der Waals surface area contributed by atoms with E-state index in [1.807, 2.05) is 24.3 Å². The third kappa shape index (κ3) is 8.41. The summed E-state index contributed by atoms with van der Waals surface area (Å²) in [6.07, 6.45) is 10.1. The number of hydrogen-bond acceptors (Lipinski definition) is 4. The minimum absolute atomic E-state index is 0.0946. The number of aliphatic hydroxyl groups excluding tert-OH is 1. The predicted octanol–water partition coefficient (Wildman–Crippen LogP) is 7.34. The summed E-state index contributed by atoms with van der Waals surface area (Å²) in [5, 5.41) is 10.2. The van der Waals surface area contributed by atoms with E-state index in [-0.39, 0.29) is 11.9 Å². The summed E-state index contributed by atoms with van der Waals surface area (Å²) in [4.78, 5) is 13.7. The van der Waals surface area contributed by atoms with Crippen LogP contribution < -0.4 is 10.6 Å². The summed E-state index contributed by atoms with van der Waals surface area (Å²) in [6.45, 7) is 10.8. The maximum Gasteiger partial charge on any atom is 0.159 e. The first-order valence-corrected chi connectivity index (χ1v) is 14.7. The lowest BCUT2D eigenvalue weighted by atomic mass is 9.74. The van der Waals surface area contributed by atoms with E-state index < -0.39 is 0 Å². The zero-order valence-electron chi connectivity index (χ0n) is 23.7. The van der Waals surface area contributed by atoms with E-state index in [4.69, 9.17) is 5.73 Å². The van der Waals surface area contributed by atoms with E-state index >= 15 is 0 Å². The fourth-order valence-corrected chi connectivity index (χ4v) is 5.77. The van der Waals surface area contributed by atoms with Crippen molar-refractivity contribution < 1.29 is 9.90 Å². The summed E-state index contributed by atoms with van der Waals surface area (Å²) in [5.41, 5.74) is 10.3. The van der Waals surface area contributed by atoms with Gasteiger partial charge in [0.25, 0.3) is 0 Å². The molecule has 0 aromatic heterocycles. The number of anilines is 1. The maximum atomic E-state index is 11.4. The Morgan fingerprint density at radius 2 is 1.81 bits per heavy atom. The van der Waals surface area contributed by atoms with Crippen molar-refractivity contribution >= 4 is 11.5 Å². The van der Waals surface area contributed by atoms with Gasteiger partial charge in [0.05, 0.1) is 6.10 Å². The summed E-state index contributed by atoms with van der Waals surface area (Å²) in [5.74, 6) is 2.78. The van der Waals surface area contributed by atoms with E-state index in [1.165, 1.54) is 62.5 Å². The SMILES string of the molecule is CC(=O)c1cccc(N2CC(O)C(C3CCC3)C2)c1.CCCC(CCC(C)CC)c1cccc(CN)c1. The Morgan fingerprint density at radius 1 is 1.05 bits per heavy atom.